The van der Waals surface area contributed by atoms with E-state index in [1.807, 2.05) is 6.07 Å². The van der Waals surface area contributed by atoms with Gasteiger partial charge in [0.05, 0.1) is 24.8 Å². The molecule has 0 aliphatic carbocycles. The zero-order valence-electron chi connectivity index (χ0n) is 26.3. The Kier molecular flexibility index (Phi) is 8.58. The number of halogens is 2. The van der Waals surface area contributed by atoms with E-state index in [4.69, 9.17) is 18.6 Å². The largest absolute Gasteiger partial charge is 0.494 e. The van der Waals surface area contributed by atoms with E-state index < -0.39 is 30.3 Å². The maximum Gasteiger partial charge on any atom is 0.410 e. The number of fused-ring (bicyclic) bond motifs is 1. The van der Waals surface area contributed by atoms with Crippen molar-refractivity contribution in [3.8, 4) is 40.1 Å². The molecule has 3 aromatic heterocycles. The highest BCUT2D eigenvalue weighted by molar-refractivity contribution is 5.95. The third-order valence-corrected chi connectivity index (χ3v) is 7.24. The summed E-state index contributed by atoms with van der Waals surface area (Å²) in [6.45, 7) is 4.14. The molecule has 4 aromatic rings. The Morgan fingerprint density at radius 3 is 2.54 bits per heavy atom. The number of likely N-dealkylation sites (tertiary alicyclic amines) is 1. The molecule has 5 rings (SSSR count). The second kappa shape index (κ2) is 12.3. The number of carbonyl (C=O) groups is 2. The molecule has 4 heterocycles. The standard InChI is InChI=1S/C33H33F2N5O6/c1-32(2,3)46-31(42)40-12-10-27(33(34,35)18-40)44-24-8-7-19(13-20(24)16-36)22-9-11-37-23-15-26(45-29(22)23)28-25(43-6)14-21(17-38-28)30(41)39(4)5/h7-9,11,13-15,17,27H,10,12,18H2,1-6H3. The molecule has 0 radical (unpaired) electrons. The molecule has 0 saturated carbocycles. The fourth-order valence-corrected chi connectivity index (χ4v) is 5.03. The van der Waals surface area contributed by atoms with E-state index in [0.717, 1.165) is 4.90 Å². The van der Waals surface area contributed by atoms with Crippen molar-refractivity contribution in [3.63, 3.8) is 0 Å². The minimum absolute atomic E-state index is 0.00613. The van der Waals surface area contributed by atoms with Crippen molar-refractivity contribution in [3.05, 3.63) is 59.9 Å². The maximum absolute atomic E-state index is 15.1. The molecule has 240 valence electrons. The molecule has 1 aliphatic rings. The molecule has 1 saturated heterocycles. The van der Waals surface area contributed by atoms with Gasteiger partial charge in [-0.1, -0.05) is 6.07 Å². The van der Waals surface area contributed by atoms with Gasteiger partial charge in [0.25, 0.3) is 5.91 Å². The summed E-state index contributed by atoms with van der Waals surface area (Å²) in [7, 11) is 4.74. The number of carbonyl (C=O) groups excluding carboxylic acids is 2. The molecule has 2 amide bonds. The normalized spacial score (nSPS) is 16.1. The molecule has 1 aliphatic heterocycles. The Labute approximate surface area is 264 Å². The molecule has 1 aromatic carbocycles. The van der Waals surface area contributed by atoms with Crippen LogP contribution in [0.1, 0.15) is 43.1 Å². The lowest BCUT2D eigenvalue weighted by atomic mass is 10.0. The third-order valence-electron chi connectivity index (χ3n) is 7.24. The number of nitrogens with zero attached hydrogens (tertiary/aromatic N) is 5. The zero-order valence-corrected chi connectivity index (χ0v) is 26.3. The number of pyridine rings is 2. The summed E-state index contributed by atoms with van der Waals surface area (Å²) < 4.78 is 52.9. The first-order chi connectivity index (χ1) is 21.7. The van der Waals surface area contributed by atoms with Crippen LogP contribution in [-0.2, 0) is 4.74 Å². The van der Waals surface area contributed by atoms with E-state index in [1.165, 1.54) is 30.3 Å². The van der Waals surface area contributed by atoms with Gasteiger partial charge in [0.1, 0.15) is 34.4 Å². The third kappa shape index (κ3) is 6.56. The van der Waals surface area contributed by atoms with Crippen molar-refractivity contribution in [1.29, 1.82) is 5.26 Å². The number of aromatic nitrogens is 2. The van der Waals surface area contributed by atoms with Gasteiger partial charge in [0.2, 0.25) is 0 Å². The lowest BCUT2D eigenvalue weighted by Gasteiger charge is -2.38. The van der Waals surface area contributed by atoms with Crippen molar-refractivity contribution in [2.75, 3.05) is 34.3 Å². The fraction of sp³-hybridized carbons (Fsp3) is 0.364. The summed E-state index contributed by atoms with van der Waals surface area (Å²) in [4.78, 5) is 36.0. The zero-order chi connectivity index (χ0) is 33.4. The summed E-state index contributed by atoms with van der Waals surface area (Å²) in [5, 5.41) is 9.92. The van der Waals surface area contributed by atoms with Crippen LogP contribution in [0.25, 0.3) is 33.7 Å². The Morgan fingerprint density at radius 2 is 1.89 bits per heavy atom. The highest BCUT2D eigenvalue weighted by Crippen LogP contribution is 2.38. The highest BCUT2D eigenvalue weighted by Gasteiger charge is 2.48. The van der Waals surface area contributed by atoms with Gasteiger partial charge in [-0.05, 0) is 50.6 Å². The number of alkyl halides is 2. The van der Waals surface area contributed by atoms with Crippen molar-refractivity contribution >= 4 is 23.1 Å². The quantitative estimate of drug-likeness (QED) is 0.245. The Hall–Kier alpha value is -5.25. The molecule has 1 atom stereocenters. The number of hydrogen-bond acceptors (Lipinski definition) is 9. The second-order valence-corrected chi connectivity index (χ2v) is 12.0. The van der Waals surface area contributed by atoms with Crippen LogP contribution in [0.5, 0.6) is 11.5 Å². The number of nitriles is 1. The summed E-state index contributed by atoms with van der Waals surface area (Å²) >= 11 is 0. The first-order valence-electron chi connectivity index (χ1n) is 14.4. The lowest BCUT2D eigenvalue weighted by Crippen LogP contribution is -2.56. The summed E-state index contributed by atoms with van der Waals surface area (Å²) in [6, 6.07) is 11.6. The summed E-state index contributed by atoms with van der Waals surface area (Å²) in [5.74, 6) is -2.95. The molecule has 13 heteroatoms. The molecule has 0 spiro atoms. The van der Waals surface area contributed by atoms with Crippen molar-refractivity contribution in [1.82, 2.24) is 19.8 Å². The fourth-order valence-electron chi connectivity index (χ4n) is 5.03. The Bertz CT molecular complexity index is 1840. The molecule has 11 nitrogen and oxygen atoms in total. The van der Waals surface area contributed by atoms with Crippen LogP contribution in [0, 0.1) is 11.3 Å². The minimum Gasteiger partial charge on any atom is -0.494 e. The molecule has 46 heavy (non-hydrogen) atoms. The van der Waals surface area contributed by atoms with E-state index >= 15 is 8.78 Å². The van der Waals surface area contributed by atoms with Gasteiger partial charge in [-0.15, -0.1) is 0 Å². The van der Waals surface area contributed by atoms with Crippen molar-refractivity contribution < 1.29 is 37.0 Å². The van der Waals surface area contributed by atoms with E-state index in [2.05, 4.69) is 9.97 Å². The van der Waals surface area contributed by atoms with Crippen LogP contribution in [0.15, 0.2) is 53.2 Å². The van der Waals surface area contributed by atoms with Gasteiger partial charge in [0.15, 0.2) is 17.4 Å². The predicted molar refractivity (Wildman–Crippen MR) is 164 cm³/mol. The van der Waals surface area contributed by atoms with E-state index in [-0.39, 0.29) is 30.2 Å². The monoisotopic (exact) mass is 633 g/mol. The Morgan fingerprint density at radius 1 is 1.13 bits per heavy atom. The van der Waals surface area contributed by atoms with Gasteiger partial charge in [-0.25, -0.2) is 18.6 Å². The first kappa shape index (κ1) is 32.2. The average Bonchev–Trinajstić information content (AvgIpc) is 3.44. The topological polar surface area (TPSA) is 131 Å². The van der Waals surface area contributed by atoms with E-state index in [9.17, 15) is 14.9 Å². The Balaban J connectivity index is 1.41. The van der Waals surface area contributed by atoms with E-state index in [0.29, 0.717) is 45.0 Å². The summed E-state index contributed by atoms with van der Waals surface area (Å²) in [6.07, 6.45) is 0.496. The molecular weight excluding hydrogens is 600 g/mol. The lowest BCUT2D eigenvalue weighted by molar-refractivity contribution is -0.137. The number of amides is 2. The number of rotatable bonds is 6. The minimum atomic E-state index is -3.38. The first-order valence-corrected chi connectivity index (χ1v) is 14.4. The number of hydrogen-bond donors (Lipinski definition) is 0. The maximum atomic E-state index is 15.1. The smallest absolute Gasteiger partial charge is 0.410 e. The van der Waals surface area contributed by atoms with Gasteiger partial charge in [0, 0.05) is 51.1 Å². The number of ether oxygens (including phenoxy) is 3. The van der Waals surface area contributed by atoms with Crippen LogP contribution in [0.3, 0.4) is 0 Å². The van der Waals surface area contributed by atoms with Gasteiger partial charge in [-0.2, -0.15) is 5.26 Å². The molecular formula is C33H33F2N5O6. The SMILES string of the molecule is COc1cc(C(=O)N(C)C)cnc1-c1cc2nccc(-c3ccc(OC4CCN(C(=O)OC(C)(C)C)CC4(F)F)c(C#N)c3)c2o1. The van der Waals surface area contributed by atoms with Crippen LogP contribution in [-0.4, -0.2) is 83.7 Å². The number of methoxy groups -OCH3 is 1. The second-order valence-electron chi connectivity index (χ2n) is 12.0. The summed E-state index contributed by atoms with van der Waals surface area (Å²) in [5.41, 5.74) is 1.99. The van der Waals surface area contributed by atoms with Crippen LogP contribution in [0.4, 0.5) is 13.6 Å². The number of piperidine rings is 1. The highest BCUT2D eigenvalue weighted by atomic mass is 19.3. The van der Waals surface area contributed by atoms with Crippen molar-refractivity contribution in [2.24, 2.45) is 0 Å². The number of furan rings is 1. The molecule has 1 unspecified atom stereocenters. The van der Waals surface area contributed by atoms with Crippen LogP contribution < -0.4 is 9.47 Å². The van der Waals surface area contributed by atoms with Gasteiger partial charge in [-0.3, -0.25) is 9.78 Å². The van der Waals surface area contributed by atoms with Gasteiger partial charge < -0.3 is 28.4 Å². The van der Waals surface area contributed by atoms with Crippen molar-refractivity contribution in [2.45, 2.75) is 44.8 Å². The predicted octanol–water partition coefficient (Wildman–Crippen LogP) is 6.16. The van der Waals surface area contributed by atoms with Gasteiger partial charge >= 0.3 is 12.0 Å². The average molecular weight is 634 g/mol. The molecule has 0 N–H and O–H groups in total. The van der Waals surface area contributed by atoms with Crippen LogP contribution >= 0.6 is 0 Å². The molecule has 1 fully saturated rings. The van der Waals surface area contributed by atoms with E-state index in [1.54, 1.807) is 65.3 Å². The van der Waals surface area contributed by atoms with Crippen LogP contribution in [0.2, 0.25) is 0 Å². The number of benzene rings is 1. The molecule has 0 bridgehead atoms.